The van der Waals surface area contributed by atoms with Gasteiger partial charge in [-0.1, -0.05) is 0 Å². The van der Waals surface area contributed by atoms with Crippen LogP contribution in [0.2, 0.25) is 0 Å². The fourth-order valence-corrected chi connectivity index (χ4v) is 0.936. The minimum atomic E-state index is -1.01. The first-order chi connectivity index (χ1) is 5.31. The SMILES string of the molecule is NC1(c2ccc[nH]2)N=CN=N1. The quantitative estimate of drug-likeness (QED) is 0.601. The number of azo groups is 1. The molecule has 0 fully saturated rings. The molecule has 1 unspecified atom stereocenters. The number of aliphatic imine (C=N–C) groups is 1. The molecule has 5 heteroatoms. The highest BCUT2D eigenvalue weighted by Gasteiger charge is 2.28. The molecule has 1 aromatic heterocycles. The highest BCUT2D eigenvalue weighted by molar-refractivity contribution is 5.57. The molecule has 2 rings (SSSR count). The van der Waals surface area contributed by atoms with Crippen LogP contribution in [0.15, 0.2) is 33.6 Å². The van der Waals surface area contributed by atoms with Crippen molar-refractivity contribution in [2.45, 2.75) is 5.79 Å². The Labute approximate surface area is 63.0 Å². The fraction of sp³-hybridized carbons (Fsp3) is 0.167. The summed E-state index contributed by atoms with van der Waals surface area (Å²) in [5.41, 5.74) is 6.48. The summed E-state index contributed by atoms with van der Waals surface area (Å²) in [6.07, 6.45) is 3.12. The van der Waals surface area contributed by atoms with Gasteiger partial charge in [0.2, 0.25) is 0 Å². The lowest BCUT2D eigenvalue weighted by Crippen LogP contribution is -2.30. The Kier molecular flexibility index (Phi) is 1.13. The van der Waals surface area contributed by atoms with Gasteiger partial charge in [-0.15, -0.1) is 10.2 Å². The second-order valence-corrected chi connectivity index (χ2v) is 2.27. The molecule has 0 aliphatic carbocycles. The number of hydrogen-bond donors (Lipinski definition) is 2. The Hall–Kier alpha value is -1.49. The largest absolute Gasteiger partial charge is 0.360 e. The predicted molar refractivity (Wildman–Crippen MR) is 40.0 cm³/mol. The summed E-state index contributed by atoms with van der Waals surface area (Å²) in [5, 5.41) is 7.34. The van der Waals surface area contributed by atoms with Crippen molar-refractivity contribution >= 4 is 6.34 Å². The van der Waals surface area contributed by atoms with E-state index in [9.17, 15) is 0 Å². The summed E-state index contributed by atoms with van der Waals surface area (Å²) >= 11 is 0. The zero-order valence-corrected chi connectivity index (χ0v) is 5.73. The van der Waals surface area contributed by atoms with Crippen molar-refractivity contribution in [2.24, 2.45) is 21.0 Å². The van der Waals surface area contributed by atoms with Gasteiger partial charge in [-0.2, -0.15) is 0 Å². The second kappa shape index (κ2) is 2.00. The molecule has 5 nitrogen and oxygen atoms in total. The Balaban J connectivity index is 2.43. The first-order valence-electron chi connectivity index (χ1n) is 3.20. The third-order valence-corrected chi connectivity index (χ3v) is 1.51. The predicted octanol–water partition coefficient (Wildman–Crippen LogP) is 0.578. The summed E-state index contributed by atoms with van der Waals surface area (Å²) < 4.78 is 0. The Morgan fingerprint density at radius 3 is 3.00 bits per heavy atom. The molecule has 1 atom stereocenters. The normalized spacial score (nSPS) is 28.1. The summed E-state index contributed by atoms with van der Waals surface area (Å²) in [6.45, 7) is 0. The molecule has 0 aromatic carbocycles. The van der Waals surface area contributed by atoms with E-state index in [1.165, 1.54) is 6.34 Å². The highest BCUT2D eigenvalue weighted by atomic mass is 15.4. The lowest BCUT2D eigenvalue weighted by Gasteiger charge is -2.12. The van der Waals surface area contributed by atoms with Crippen molar-refractivity contribution in [1.82, 2.24) is 4.98 Å². The average molecular weight is 149 g/mol. The number of H-pyrrole nitrogens is 1. The number of nitrogens with zero attached hydrogens (tertiary/aromatic N) is 3. The molecule has 0 spiro atoms. The second-order valence-electron chi connectivity index (χ2n) is 2.27. The number of rotatable bonds is 1. The van der Waals surface area contributed by atoms with E-state index in [0.717, 1.165) is 5.69 Å². The number of aromatic nitrogens is 1. The average Bonchev–Trinajstić information content (AvgIpc) is 2.55. The van der Waals surface area contributed by atoms with E-state index in [1.807, 2.05) is 12.1 Å². The van der Waals surface area contributed by atoms with Crippen LogP contribution in [0.3, 0.4) is 0 Å². The standard InChI is InChI=1S/C6H7N5/c7-6(9-4-10-11-6)5-2-1-3-8-5/h1-4,8H,7H2. The number of aromatic amines is 1. The van der Waals surface area contributed by atoms with Crippen molar-refractivity contribution in [3.63, 3.8) is 0 Å². The Morgan fingerprint density at radius 1 is 1.55 bits per heavy atom. The maximum Gasteiger partial charge on any atom is 0.264 e. The van der Waals surface area contributed by atoms with Crippen LogP contribution < -0.4 is 5.73 Å². The van der Waals surface area contributed by atoms with Crippen molar-refractivity contribution in [3.8, 4) is 0 Å². The van der Waals surface area contributed by atoms with Crippen LogP contribution >= 0.6 is 0 Å². The van der Waals surface area contributed by atoms with Crippen LogP contribution in [0.5, 0.6) is 0 Å². The molecule has 0 amide bonds. The molecule has 0 saturated carbocycles. The van der Waals surface area contributed by atoms with Gasteiger partial charge >= 0.3 is 0 Å². The van der Waals surface area contributed by atoms with Gasteiger partial charge in [0.1, 0.15) is 6.34 Å². The monoisotopic (exact) mass is 149 g/mol. The molecule has 0 radical (unpaired) electrons. The molecule has 1 aliphatic rings. The first kappa shape index (κ1) is 6.23. The van der Waals surface area contributed by atoms with Crippen LogP contribution in [0.25, 0.3) is 0 Å². The zero-order chi connectivity index (χ0) is 7.73. The van der Waals surface area contributed by atoms with Gasteiger partial charge in [0.15, 0.2) is 0 Å². The van der Waals surface area contributed by atoms with E-state index in [4.69, 9.17) is 5.73 Å². The lowest BCUT2D eigenvalue weighted by molar-refractivity contribution is 0.480. The molecule has 2 heterocycles. The number of nitrogens with one attached hydrogen (secondary N) is 1. The Morgan fingerprint density at radius 2 is 2.45 bits per heavy atom. The molecule has 0 bridgehead atoms. The van der Waals surface area contributed by atoms with Crippen molar-refractivity contribution in [2.75, 3.05) is 0 Å². The summed E-state index contributed by atoms with van der Waals surface area (Å²) in [5.74, 6) is -1.01. The summed E-state index contributed by atoms with van der Waals surface area (Å²) in [6, 6.07) is 3.66. The van der Waals surface area contributed by atoms with Crippen LogP contribution in [0.1, 0.15) is 5.69 Å². The van der Waals surface area contributed by atoms with E-state index < -0.39 is 5.79 Å². The minimum Gasteiger partial charge on any atom is -0.360 e. The number of nitrogens with two attached hydrogens (primary N) is 1. The topological polar surface area (TPSA) is 78.9 Å². The number of hydrogen-bond acceptors (Lipinski definition) is 4. The maximum atomic E-state index is 5.74. The van der Waals surface area contributed by atoms with Gasteiger partial charge in [0, 0.05) is 6.20 Å². The van der Waals surface area contributed by atoms with Crippen LogP contribution in [-0.4, -0.2) is 11.3 Å². The molecule has 0 saturated heterocycles. The lowest BCUT2D eigenvalue weighted by atomic mass is 10.3. The van der Waals surface area contributed by atoms with Crippen LogP contribution in [0.4, 0.5) is 0 Å². The van der Waals surface area contributed by atoms with E-state index in [1.54, 1.807) is 6.20 Å². The molecule has 3 N–H and O–H groups in total. The van der Waals surface area contributed by atoms with Gasteiger partial charge in [-0.05, 0) is 12.1 Å². The van der Waals surface area contributed by atoms with Crippen molar-refractivity contribution in [3.05, 3.63) is 24.0 Å². The van der Waals surface area contributed by atoms with E-state index in [-0.39, 0.29) is 0 Å². The molecule has 56 valence electrons. The smallest absolute Gasteiger partial charge is 0.264 e. The molecule has 11 heavy (non-hydrogen) atoms. The van der Waals surface area contributed by atoms with E-state index >= 15 is 0 Å². The van der Waals surface area contributed by atoms with E-state index in [2.05, 4.69) is 20.2 Å². The maximum absolute atomic E-state index is 5.74. The summed E-state index contributed by atoms with van der Waals surface area (Å²) in [4.78, 5) is 6.83. The molecular weight excluding hydrogens is 142 g/mol. The van der Waals surface area contributed by atoms with E-state index in [0.29, 0.717) is 0 Å². The van der Waals surface area contributed by atoms with Gasteiger partial charge in [0.25, 0.3) is 5.79 Å². The van der Waals surface area contributed by atoms with Crippen molar-refractivity contribution < 1.29 is 0 Å². The van der Waals surface area contributed by atoms with Gasteiger partial charge < -0.3 is 4.98 Å². The van der Waals surface area contributed by atoms with Crippen LogP contribution in [-0.2, 0) is 5.79 Å². The third kappa shape index (κ3) is 0.857. The van der Waals surface area contributed by atoms with Gasteiger partial charge in [-0.25, -0.2) is 4.99 Å². The molecule has 1 aromatic rings. The zero-order valence-electron chi connectivity index (χ0n) is 5.73. The Bertz CT molecular complexity index is 285. The highest BCUT2D eigenvalue weighted by Crippen LogP contribution is 2.22. The molecule has 1 aliphatic heterocycles. The van der Waals surface area contributed by atoms with Gasteiger partial charge in [-0.3, -0.25) is 5.73 Å². The molecular formula is C6H7N5. The van der Waals surface area contributed by atoms with Crippen molar-refractivity contribution in [1.29, 1.82) is 0 Å². The third-order valence-electron chi connectivity index (χ3n) is 1.51. The first-order valence-corrected chi connectivity index (χ1v) is 3.20. The summed E-state index contributed by atoms with van der Waals surface area (Å²) in [7, 11) is 0. The minimum absolute atomic E-state index is 0.745. The fourth-order valence-electron chi connectivity index (χ4n) is 0.936. The van der Waals surface area contributed by atoms with Gasteiger partial charge in [0.05, 0.1) is 5.69 Å². The van der Waals surface area contributed by atoms with Crippen LogP contribution in [0, 0.1) is 0 Å².